The quantitative estimate of drug-likeness (QED) is 0.896. The van der Waals surface area contributed by atoms with E-state index in [2.05, 4.69) is 10.3 Å². The third-order valence-electron chi connectivity index (χ3n) is 2.69. The maximum atomic E-state index is 12.0. The number of hydrogen-bond acceptors (Lipinski definition) is 2. The third-order valence-corrected chi connectivity index (χ3v) is 3.10. The van der Waals surface area contributed by atoms with E-state index in [4.69, 9.17) is 11.6 Å². The van der Waals surface area contributed by atoms with E-state index in [0.717, 1.165) is 11.1 Å². The lowest BCUT2D eigenvalue weighted by Gasteiger charge is -2.08. The number of aromatic nitrogens is 1. The minimum atomic E-state index is -0.158. The molecule has 0 aliphatic rings. The van der Waals surface area contributed by atoms with Gasteiger partial charge in [0.25, 0.3) is 5.91 Å². The highest BCUT2D eigenvalue weighted by atomic mass is 35.5. The fourth-order valence-corrected chi connectivity index (χ4v) is 1.78. The minimum absolute atomic E-state index is 0.158. The number of benzene rings is 1. The maximum Gasteiger partial charge on any atom is 0.256 e. The van der Waals surface area contributed by atoms with Crippen LogP contribution in [-0.2, 0) is 0 Å². The molecule has 0 atom stereocenters. The van der Waals surface area contributed by atoms with Crippen LogP contribution < -0.4 is 5.32 Å². The van der Waals surface area contributed by atoms with Gasteiger partial charge in [0, 0.05) is 28.7 Å². The second-order valence-electron chi connectivity index (χ2n) is 4.11. The van der Waals surface area contributed by atoms with E-state index in [0.29, 0.717) is 16.3 Å². The minimum Gasteiger partial charge on any atom is -0.322 e. The van der Waals surface area contributed by atoms with Gasteiger partial charge in [-0.05, 0) is 43.2 Å². The van der Waals surface area contributed by atoms with Crippen LogP contribution in [0.5, 0.6) is 0 Å². The van der Waals surface area contributed by atoms with E-state index in [1.807, 2.05) is 26.0 Å². The average Bonchev–Trinajstić information content (AvgIpc) is 2.34. The Hall–Kier alpha value is -1.87. The first-order valence-electron chi connectivity index (χ1n) is 5.56. The van der Waals surface area contributed by atoms with Crippen molar-refractivity contribution in [1.29, 1.82) is 0 Å². The molecule has 2 aromatic rings. The zero-order chi connectivity index (χ0) is 13.1. The Balaban J connectivity index is 2.22. The molecule has 1 aromatic carbocycles. The number of aryl methyl sites for hydroxylation is 2. The molecule has 92 valence electrons. The molecule has 18 heavy (non-hydrogen) atoms. The van der Waals surface area contributed by atoms with Gasteiger partial charge in [-0.25, -0.2) is 0 Å². The summed E-state index contributed by atoms with van der Waals surface area (Å²) in [7, 11) is 0. The van der Waals surface area contributed by atoms with Crippen molar-refractivity contribution in [2.24, 2.45) is 0 Å². The summed E-state index contributed by atoms with van der Waals surface area (Å²) in [6.07, 6.45) is 3.26. The number of nitrogens with zero attached hydrogens (tertiary/aromatic N) is 1. The highest BCUT2D eigenvalue weighted by Crippen LogP contribution is 2.20. The van der Waals surface area contributed by atoms with Crippen molar-refractivity contribution in [1.82, 2.24) is 4.98 Å². The zero-order valence-corrected chi connectivity index (χ0v) is 11.0. The van der Waals surface area contributed by atoms with Crippen LogP contribution in [0.3, 0.4) is 0 Å². The molecule has 0 radical (unpaired) electrons. The van der Waals surface area contributed by atoms with Crippen LogP contribution in [0, 0.1) is 13.8 Å². The Kier molecular flexibility index (Phi) is 3.63. The molecule has 1 heterocycles. The van der Waals surface area contributed by atoms with Gasteiger partial charge < -0.3 is 5.32 Å². The monoisotopic (exact) mass is 260 g/mol. The van der Waals surface area contributed by atoms with Gasteiger partial charge in [0.1, 0.15) is 0 Å². The largest absolute Gasteiger partial charge is 0.322 e. The Labute approximate surface area is 111 Å². The third kappa shape index (κ3) is 2.68. The number of halogens is 1. The predicted octanol–water partition coefficient (Wildman–Crippen LogP) is 3.60. The van der Waals surface area contributed by atoms with Crippen LogP contribution in [-0.4, -0.2) is 10.9 Å². The molecule has 1 amide bonds. The first-order chi connectivity index (χ1) is 8.58. The number of carbonyl (C=O) groups is 1. The van der Waals surface area contributed by atoms with E-state index >= 15 is 0 Å². The standard InChI is InChI=1S/C14H13ClN2O/c1-9-3-4-11(7-13(9)15)17-14(18)12-5-6-16-8-10(12)2/h3-8H,1-2H3,(H,17,18). The van der Waals surface area contributed by atoms with Crippen molar-refractivity contribution in [2.45, 2.75) is 13.8 Å². The average molecular weight is 261 g/mol. The summed E-state index contributed by atoms with van der Waals surface area (Å²) in [5.74, 6) is -0.158. The molecule has 3 nitrogen and oxygen atoms in total. The van der Waals surface area contributed by atoms with Gasteiger partial charge in [-0.15, -0.1) is 0 Å². The summed E-state index contributed by atoms with van der Waals surface area (Å²) in [6.45, 7) is 3.77. The molecule has 2 rings (SSSR count). The molecule has 0 saturated heterocycles. The van der Waals surface area contributed by atoms with Gasteiger partial charge in [0.2, 0.25) is 0 Å². The van der Waals surface area contributed by atoms with E-state index < -0.39 is 0 Å². The van der Waals surface area contributed by atoms with Gasteiger partial charge in [0.05, 0.1) is 0 Å². The molecule has 1 aromatic heterocycles. The molecular weight excluding hydrogens is 248 g/mol. The summed E-state index contributed by atoms with van der Waals surface area (Å²) in [5, 5.41) is 3.45. The number of amides is 1. The molecule has 0 unspecified atom stereocenters. The number of anilines is 1. The normalized spacial score (nSPS) is 10.2. The smallest absolute Gasteiger partial charge is 0.256 e. The second-order valence-corrected chi connectivity index (χ2v) is 4.52. The number of carbonyl (C=O) groups excluding carboxylic acids is 1. The first-order valence-corrected chi connectivity index (χ1v) is 5.94. The van der Waals surface area contributed by atoms with Crippen LogP contribution in [0.1, 0.15) is 21.5 Å². The van der Waals surface area contributed by atoms with Crippen LogP contribution in [0.4, 0.5) is 5.69 Å². The van der Waals surface area contributed by atoms with Gasteiger partial charge in [-0.1, -0.05) is 17.7 Å². The molecule has 4 heteroatoms. The lowest BCUT2D eigenvalue weighted by molar-refractivity contribution is 0.102. The number of hydrogen-bond donors (Lipinski definition) is 1. The van der Waals surface area contributed by atoms with Crippen molar-refractivity contribution in [3.05, 3.63) is 58.4 Å². The molecule has 0 aliphatic heterocycles. The maximum absolute atomic E-state index is 12.0. The van der Waals surface area contributed by atoms with Crippen LogP contribution in [0.2, 0.25) is 5.02 Å². The van der Waals surface area contributed by atoms with Crippen molar-refractivity contribution in [3.8, 4) is 0 Å². The Morgan fingerprint density at radius 2 is 2.00 bits per heavy atom. The van der Waals surface area contributed by atoms with Crippen molar-refractivity contribution >= 4 is 23.2 Å². The molecule has 0 aliphatic carbocycles. The van der Waals surface area contributed by atoms with Crippen molar-refractivity contribution in [2.75, 3.05) is 5.32 Å². The van der Waals surface area contributed by atoms with Gasteiger partial charge in [-0.2, -0.15) is 0 Å². The lowest BCUT2D eigenvalue weighted by Crippen LogP contribution is -2.13. The summed E-state index contributed by atoms with van der Waals surface area (Å²) in [5.41, 5.74) is 3.12. The second kappa shape index (κ2) is 5.19. The fourth-order valence-electron chi connectivity index (χ4n) is 1.60. The predicted molar refractivity (Wildman–Crippen MR) is 73.1 cm³/mol. The van der Waals surface area contributed by atoms with Gasteiger partial charge >= 0.3 is 0 Å². The molecule has 1 N–H and O–H groups in total. The van der Waals surface area contributed by atoms with Gasteiger partial charge in [-0.3, -0.25) is 9.78 Å². The van der Waals surface area contributed by atoms with Crippen molar-refractivity contribution < 1.29 is 4.79 Å². The number of pyridine rings is 1. The molecule has 0 bridgehead atoms. The Morgan fingerprint density at radius 3 is 2.67 bits per heavy atom. The van der Waals surface area contributed by atoms with Crippen LogP contribution in [0.15, 0.2) is 36.7 Å². The molecule has 0 saturated carbocycles. The van der Waals surface area contributed by atoms with E-state index in [9.17, 15) is 4.79 Å². The summed E-state index contributed by atoms with van der Waals surface area (Å²) in [6, 6.07) is 7.14. The summed E-state index contributed by atoms with van der Waals surface area (Å²) in [4.78, 5) is 16.0. The molecule has 0 fully saturated rings. The van der Waals surface area contributed by atoms with Crippen LogP contribution >= 0.6 is 11.6 Å². The Morgan fingerprint density at radius 1 is 1.22 bits per heavy atom. The SMILES string of the molecule is Cc1ccc(NC(=O)c2ccncc2C)cc1Cl. The number of nitrogens with one attached hydrogen (secondary N) is 1. The van der Waals surface area contributed by atoms with Crippen LogP contribution in [0.25, 0.3) is 0 Å². The molecule has 0 spiro atoms. The first kappa shape index (κ1) is 12.6. The fraction of sp³-hybridized carbons (Fsp3) is 0.143. The topological polar surface area (TPSA) is 42.0 Å². The molecular formula is C14H13ClN2O. The van der Waals surface area contributed by atoms with E-state index in [1.165, 1.54) is 0 Å². The highest BCUT2D eigenvalue weighted by molar-refractivity contribution is 6.31. The highest BCUT2D eigenvalue weighted by Gasteiger charge is 2.09. The van der Waals surface area contributed by atoms with Gasteiger partial charge in [0.15, 0.2) is 0 Å². The number of rotatable bonds is 2. The van der Waals surface area contributed by atoms with E-state index in [1.54, 1.807) is 24.5 Å². The summed E-state index contributed by atoms with van der Waals surface area (Å²) < 4.78 is 0. The zero-order valence-electron chi connectivity index (χ0n) is 10.2. The lowest BCUT2D eigenvalue weighted by atomic mass is 10.1. The van der Waals surface area contributed by atoms with Crippen molar-refractivity contribution in [3.63, 3.8) is 0 Å². The van der Waals surface area contributed by atoms with E-state index in [-0.39, 0.29) is 5.91 Å². The Bertz CT molecular complexity index is 596. The summed E-state index contributed by atoms with van der Waals surface area (Å²) >= 11 is 6.01.